The lowest BCUT2D eigenvalue weighted by Gasteiger charge is -2.01. The summed E-state index contributed by atoms with van der Waals surface area (Å²) in [5.74, 6) is 0.281. The van der Waals surface area contributed by atoms with E-state index in [9.17, 15) is 0 Å². The summed E-state index contributed by atoms with van der Waals surface area (Å²) < 4.78 is 5.35. The second-order valence-corrected chi connectivity index (χ2v) is 2.87. The molecular formula is C11H15NO2. The van der Waals surface area contributed by atoms with Crippen molar-refractivity contribution in [2.45, 2.75) is 6.61 Å². The fraction of sp³-hybridized carbons (Fsp3) is 0.273. The molecular weight excluding hydrogens is 178 g/mol. The van der Waals surface area contributed by atoms with Crippen molar-refractivity contribution in [3.8, 4) is 5.75 Å². The highest BCUT2D eigenvalue weighted by Gasteiger charge is 1.91. The third kappa shape index (κ3) is 3.96. The van der Waals surface area contributed by atoms with Crippen molar-refractivity contribution in [1.82, 2.24) is 5.32 Å². The van der Waals surface area contributed by atoms with Gasteiger partial charge in [-0.3, -0.25) is 0 Å². The molecule has 0 aromatic heterocycles. The Balaban J connectivity index is 2.25. The lowest BCUT2D eigenvalue weighted by molar-refractivity contribution is 0.148. The summed E-state index contributed by atoms with van der Waals surface area (Å²) in [5, 5.41) is 11.9. The minimum absolute atomic E-state index is 0.281. The first kappa shape index (κ1) is 10.6. The first-order valence-corrected chi connectivity index (χ1v) is 4.51. The van der Waals surface area contributed by atoms with Gasteiger partial charge in [0.25, 0.3) is 0 Å². The fourth-order valence-electron chi connectivity index (χ4n) is 1.00. The standard InChI is InChI=1S/C11H15NO2/c1-12-7-2-8-14-9-10-3-5-11(13)6-4-10/h2-7,12-13H,8-9H2,1H3/b7-2+. The monoisotopic (exact) mass is 193 g/mol. The summed E-state index contributed by atoms with van der Waals surface area (Å²) in [6.07, 6.45) is 3.73. The van der Waals surface area contributed by atoms with Gasteiger partial charge in [0.15, 0.2) is 0 Å². The molecule has 0 atom stereocenters. The molecule has 1 aromatic carbocycles. The van der Waals surface area contributed by atoms with Crippen LogP contribution in [0.3, 0.4) is 0 Å². The van der Waals surface area contributed by atoms with Gasteiger partial charge in [-0.2, -0.15) is 0 Å². The van der Waals surface area contributed by atoms with Crippen LogP contribution in [0.2, 0.25) is 0 Å². The van der Waals surface area contributed by atoms with Crippen LogP contribution in [0, 0.1) is 0 Å². The zero-order valence-corrected chi connectivity index (χ0v) is 8.23. The third-order valence-electron chi connectivity index (χ3n) is 1.70. The average Bonchev–Trinajstić information content (AvgIpc) is 2.21. The Morgan fingerprint density at radius 2 is 2.07 bits per heavy atom. The summed E-state index contributed by atoms with van der Waals surface area (Å²) in [6.45, 7) is 1.15. The number of hydrogen-bond acceptors (Lipinski definition) is 3. The normalized spacial score (nSPS) is 10.6. The van der Waals surface area contributed by atoms with Crippen molar-refractivity contribution in [2.75, 3.05) is 13.7 Å². The van der Waals surface area contributed by atoms with Crippen molar-refractivity contribution in [3.63, 3.8) is 0 Å². The van der Waals surface area contributed by atoms with Gasteiger partial charge in [-0.1, -0.05) is 12.1 Å². The second-order valence-electron chi connectivity index (χ2n) is 2.87. The van der Waals surface area contributed by atoms with Gasteiger partial charge in [0, 0.05) is 7.05 Å². The average molecular weight is 193 g/mol. The van der Waals surface area contributed by atoms with Crippen molar-refractivity contribution >= 4 is 0 Å². The molecule has 0 saturated heterocycles. The molecule has 0 aliphatic rings. The number of phenolic OH excluding ortho intramolecular Hbond substituents is 1. The van der Waals surface area contributed by atoms with Gasteiger partial charge in [-0.25, -0.2) is 0 Å². The zero-order chi connectivity index (χ0) is 10.2. The maximum atomic E-state index is 9.04. The molecule has 0 spiro atoms. The molecule has 3 nitrogen and oxygen atoms in total. The Labute approximate surface area is 84.0 Å². The molecule has 0 aliphatic heterocycles. The molecule has 2 N–H and O–H groups in total. The van der Waals surface area contributed by atoms with E-state index in [1.54, 1.807) is 12.1 Å². The van der Waals surface area contributed by atoms with E-state index >= 15 is 0 Å². The van der Waals surface area contributed by atoms with Crippen LogP contribution in [-0.4, -0.2) is 18.8 Å². The molecule has 0 unspecified atom stereocenters. The largest absolute Gasteiger partial charge is 0.508 e. The maximum Gasteiger partial charge on any atom is 0.115 e. The van der Waals surface area contributed by atoms with E-state index in [0.29, 0.717) is 13.2 Å². The molecule has 0 saturated carbocycles. The van der Waals surface area contributed by atoms with Gasteiger partial charge in [0.2, 0.25) is 0 Å². The number of ether oxygens (including phenoxy) is 1. The molecule has 0 heterocycles. The topological polar surface area (TPSA) is 41.5 Å². The van der Waals surface area contributed by atoms with E-state index in [4.69, 9.17) is 9.84 Å². The molecule has 0 radical (unpaired) electrons. The molecule has 76 valence electrons. The minimum Gasteiger partial charge on any atom is -0.508 e. The zero-order valence-electron chi connectivity index (χ0n) is 8.23. The van der Waals surface area contributed by atoms with Gasteiger partial charge >= 0.3 is 0 Å². The van der Waals surface area contributed by atoms with Crippen LogP contribution in [-0.2, 0) is 11.3 Å². The molecule has 3 heteroatoms. The molecule has 0 bridgehead atoms. The quantitative estimate of drug-likeness (QED) is 0.698. The summed E-state index contributed by atoms with van der Waals surface area (Å²) in [7, 11) is 1.84. The number of phenols is 1. The van der Waals surface area contributed by atoms with E-state index in [2.05, 4.69) is 5.32 Å². The molecule has 0 amide bonds. The van der Waals surface area contributed by atoms with Gasteiger partial charge in [0.1, 0.15) is 5.75 Å². The Morgan fingerprint density at radius 3 is 2.71 bits per heavy atom. The predicted octanol–water partition coefficient (Wildman–Crippen LogP) is 1.64. The lowest BCUT2D eigenvalue weighted by atomic mass is 10.2. The highest BCUT2D eigenvalue weighted by molar-refractivity contribution is 5.25. The Hall–Kier alpha value is -1.48. The first-order valence-electron chi connectivity index (χ1n) is 4.51. The van der Waals surface area contributed by atoms with Crippen LogP contribution in [0.5, 0.6) is 5.75 Å². The summed E-state index contributed by atoms with van der Waals surface area (Å²) in [4.78, 5) is 0. The Bertz CT molecular complexity index is 280. The molecule has 1 aromatic rings. The SMILES string of the molecule is CN/C=C/COCc1ccc(O)cc1. The van der Waals surface area contributed by atoms with E-state index in [1.807, 2.05) is 31.5 Å². The van der Waals surface area contributed by atoms with E-state index < -0.39 is 0 Å². The summed E-state index contributed by atoms with van der Waals surface area (Å²) >= 11 is 0. The van der Waals surface area contributed by atoms with Crippen molar-refractivity contribution < 1.29 is 9.84 Å². The number of benzene rings is 1. The molecule has 0 aliphatic carbocycles. The van der Waals surface area contributed by atoms with Gasteiger partial charge in [0.05, 0.1) is 13.2 Å². The number of hydrogen-bond donors (Lipinski definition) is 2. The number of aromatic hydroxyl groups is 1. The second kappa shape index (κ2) is 6.05. The predicted molar refractivity (Wildman–Crippen MR) is 56.0 cm³/mol. The molecule has 14 heavy (non-hydrogen) atoms. The van der Waals surface area contributed by atoms with Gasteiger partial charge in [-0.15, -0.1) is 0 Å². The van der Waals surface area contributed by atoms with Crippen LogP contribution in [0.15, 0.2) is 36.5 Å². The van der Waals surface area contributed by atoms with E-state index in [1.165, 1.54) is 0 Å². The van der Waals surface area contributed by atoms with Crippen molar-refractivity contribution in [1.29, 1.82) is 0 Å². The maximum absolute atomic E-state index is 9.04. The molecule has 1 rings (SSSR count). The summed E-state index contributed by atoms with van der Waals surface area (Å²) in [6, 6.07) is 7.00. The van der Waals surface area contributed by atoms with Crippen LogP contribution in [0.1, 0.15) is 5.56 Å². The van der Waals surface area contributed by atoms with Crippen LogP contribution < -0.4 is 5.32 Å². The van der Waals surface area contributed by atoms with Crippen molar-refractivity contribution in [2.24, 2.45) is 0 Å². The van der Waals surface area contributed by atoms with E-state index in [-0.39, 0.29) is 5.75 Å². The van der Waals surface area contributed by atoms with Crippen LogP contribution in [0.4, 0.5) is 0 Å². The highest BCUT2D eigenvalue weighted by Crippen LogP contribution is 2.10. The van der Waals surface area contributed by atoms with Crippen LogP contribution >= 0.6 is 0 Å². The van der Waals surface area contributed by atoms with Gasteiger partial charge in [-0.05, 0) is 30.0 Å². The summed E-state index contributed by atoms with van der Waals surface area (Å²) in [5.41, 5.74) is 1.06. The first-order chi connectivity index (χ1) is 6.83. The van der Waals surface area contributed by atoms with Crippen molar-refractivity contribution in [3.05, 3.63) is 42.1 Å². The Morgan fingerprint density at radius 1 is 1.36 bits per heavy atom. The lowest BCUT2D eigenvalue weighted by Crippen LogP contribution is -1.96. The van der Waals surface area contributed by atoms with Crippen LogP contribution in [0.25, 0.3) is 0 Å². The fourth-order valence-corrected chi connectivity index (χ4v) is 1.00. The van der Waals surface area contributed by atoms with Gasteiger partial charge < -0.3 is 15.2 Å². The van der Waals surface area contributed by atoms with E-state index in [0.717, 1.165) is 5.56 Å². The highest BCUT2D eigenvalue weighted by atomic mass is 16.5. The minimum atomic E-state index is 0.281. The number of nitrogens with one attached hydrogen (secondary N) is 1. The number of rotatable bonds is 5. The smallest absolute Gasteiger partial charge is 0.115 e. The molecule has 0 fully saturated rings. The third-order valence-corrected chi connectivity index (χ3v) is 1.70. The Kier molecular flexibility index (Phi) is 4.58.